The number of methoxy groups -OCH3 is 1. The van der Waals surface area contributed by atoms with Gasteiger partial charge in [-0.05, 0) is 81.3 Å². The van der Waals surface area contributed by atoms with Crippen LogP contribution in [0.2, 0.25) is 0 Å². The van der Waals surface area contributed by atoms with Crippen LogP contribution in [0.15, 0.2) is 64.4 Å². The minimum Gasteiger partial charge on any atom is -0.497 e. The zero-order valence-corrected chi connectivity index (χ0v) is 22.8. The molecule has 2 heterocycles. The van der Waals surface area contributed by atoms with Crippen molar-refractivity contribution in [2.24, 2.45) is 5.92 Å². The highest BCUT2D eigenvalue weighted by Gasteiger charge is 2.33. The second kappa shape index (κ2) is 11.1. The van der Waals surface area contributed by atoms with Crippen molar-refractivity contribution in [1.82, 2.24) is 14.3 Å². The molecule has 1 amide bonds. The predicted octanol–water partition coefficient (Wildman–Crippen LogP) is 2.94. The first kappa shape index (κ1) is 27.5. The van der Waals surface area contributed by atoms with Crippen LogP contribution in [0.3, 0.4) is 0 Å². The summed E-state index contributed by atoms with van der Waals surface area (Å²) in [5.74, 6) is -0.361. The van der Waals surface area contributed by atoms with Crippen molar-refractivity contribution >= 4 is 37.6 Å². The molecule has 11 nitrogen and oxygen atoms in total. The molecule has 38 heavy (non-hydrogen) atoms. The lowest BCUT2D eigenvalue weighted by molar-refractivity contribution is -0.120. The molecule has 0 unspecified atom stereocenters. The van der Waals surface area contributed by atoms with E-state index in [0.29, 0.717) is 42.2 Å². The van der Waals surface area contributed by atoms with Crippen LogP contribution in [-0.2, 0) is 24.8 Å². The Morgan fingerprint density at radius 1 is 0.947 bits per heavy atom. The number of nitrogens with zero attached hydrogens (tertiary/aromatic N) is 3. The lowest BCUT2D eigenvalue weighted by Gasteiger charge is -2.31. The maximum absolute atomic E-state index is 13.1. The molecule has 1 saturated heterocycles. The normalized spacial score (nSPS) is 16.6. The molecule has 0 spiro atoms. The molecule has 0 bridgehead atoms. The van der Waals surface area contributed by atoms with E-state index >= 15 is 0 Å². The third-order valence-electron chi connectivity index (χ3n) is 6.09. The van der Waals surface area contributed by atoms with Gasteiger partial charge in [0.1, 0.15) is 5.75 Å². The van der Waals surface area contributed by atoms with E-state index in [1.807, 2.05) is 0 Å². The molecule has 3 aromatic rings. The predicted molar refractivity (Wildman–Crippen MR) is 142 cm³/mol. The molecule has 2 N–H and O–H groups in total. The van der Waals surface area contributed by atoms with E-state index in [4.69, 9.17) is 4.74 Å². The Labute approximate surface area is 222 Å². The number of benzene rings is 2. The molecule has 1 aliphatic rings. The quantitative estimate of drug-likeness (QED) is 0.428. The number of ether oxygens (including phenoxy) is 1. The summed E-state index contributed by atoms with van der Waals surface area (Å²) < 4.78 is 60.4. The van der Waals surface area contributed by atoms with Crippen molar-refractivity contribution in [1.29, 1.82) is 0 Å². The summed E-state index contributed by atoms with van der Waals surface area (Å²) >= 11 is 0. The van der Waals surface area contributed by atoms with Crippen LogP contribution >= 0.6 is 0 Å². The van der Waals surface area contributed by atoms with E-state index in [-0.39, 0.29) is 28.2 Å². The molecule has 13 heteroatoms. The summed E-state index contributed by atoms with van der Waals surface area (Å²) in [6, 6.07) is 13.5. The minimum absolute atomic E-state index is 0.0207. The van der Waals surface area contributed by atoms with Gasteiger partial charge in [-0.25, -0.2) is 31.5 Å². The first-order chi connectivity index (χ1) is 18.0. The topological polar surface area (TPSA) is 148 Å². The molecular weight excluding hydrogens is 530 g/mol. The van der Waals surface area contributed by atoms with Crippen molar-refractivity contribution in [3.05, 3.63) is 66.0 Å². The second-order valence-corrected chi connectivity index (χ2v) is 12.6. The Morgan fingerprint density at radius 2 is 1.55 bits per heavy atom. The van der Waals surface area contributed by atoms with Crippen LogP contribution in [0.25, 0.3) is 0 Å². The third-order valence-corrected chi connectivity index (χ3v) is 9.32. The fraction of sp³-hybridized carbons (Fsp3) is 0.320. The van der Waals surface area contributed by atoms with Gasteiger partial charge < -0.3 is 10.1 Å². The van der Waals surface area contributed by atoms with E-state index in [0.717, 1.165) is 0 Å². The van der Waals surface area contributed by atoms with Gasteiger partial charge in [-0.15, -0.1) is 0 Å². The summed E-state index contributed by atoms with van der Waals surface area (Å²) in [7, 11) is -6.20. The highest BCUT2D eigenvalue weighted by molar-refractivity contribution is 7.92. The molecule has 1 atom stereocenters. The van der Waals surface area contributed by atoms with Crippen molar-refractivity contribution in [2.45, 2.75) is 36.5 Å². The first-order valence-corrected chi connectivity index (χ1v) is 14.8. The van der Waals surface area contributed by atoms with Crippen LogP contribution in [0.4, 0.5) is 11.6 Å². The van der Waals surface area contributed by atoms with Crippen molar-refractivity contribution in [3.63, 3.8) is 0 Å². The Hall–Kier alpha value is -3.55. The van der Waals surface area contributed by atoms with Gasteiger partial charge in [0.05, 0.1) is 22.8 Å². The fourth-order valence-corrected chi connectivity index (χ4v) is 6.65. The molecule has 0 saturated carbocycles. The molecule has 0 aliphatic carbocycles. The van der Waals surface area contributed by atoms with Gasteiger partial charge in [-0.2, -0.15) is 4.31 Å². The highest BCUT2D eigenvalue weighted by Crippen LogP contribution is 2.26. The third kappa shape index (κ3) is 6.29. The summed E-state index contributed by atoms with van der Waals surface area (Å²) in [6.45, 7) is 3.85. The molecule has 202 valence electrons. The average molecular weight is 560 g/mol. The van der Waals surface area contributed by atoms with Crippen molar-refractivity contribution in [3.8, 4) is 5.75 Å². The lowest BCUT2D eigenvalue weighted by atomic mass is 9.99. The number of piperidine rings is 1. The number of hydrogen-bond acceptors (Lipinski definition) is 8. The Kier molecular flexibility index (Phi) is 7.99. The van der Waals surface area contributed by atoms with Gasteiger partial charge in [0.15, 0.2) is 0 Å². The average Bonchev–Trinajstić information content (AvgIpc) is 2.88. The van der Waals surface area contributed by atoms with E-state index in [1.165, 1.54) is 47.8 Å². The number of rotatable bonds is 8. The van der Waals surface area contributed by atoms with E-state index in [2.05, 4.69) is 20.0 Å². The molecule has 0 radical (unpaired) electrons. The van der Waals surface area contributed by atoms with Crippen LogP contribution in [-0.4, -0.2) is 57.2 Å². The van der Waals surface area contributed by atoms with Crippen LogP contribution in [0.5, 0.6) is 5.75 Å². The molecule has 1 aliphatic heterocycles. The maximum Gasteiger partial charge on any atom is 0.264 e. The standard InChI is InChI=1S/C25H29N5O6S2/c1-17-15-18(2)27-25(26-17)29-37(32,33)22-10-6-20(7-11-22)28-24(31)19-5-4-14-30(16-19)38(34,35)23-12-8-21(36-3)9-13-23/h6-13,15,19H,4-5,14,16H2,1-3H3,(H,28,31)(H,26,27,29)/t19-/m0/s1. The Bertz CT molecular complexity index is 1510. The van der Waals surface area contributed by atoms with Gasteiger partial charge in [0.25, 0.3) is 10.0 Å². The minimum atomic E-state index is -3.94. The number of anilines is 2. The second-order valence-electron chi connectivity index (χ2n) is 8.97. The Morgan fingerprint density at radius 3 is 2.16 bits per heavy atom. The van der Waals surface area contributed by atoms with Crippen LogP contribution in [0.1, 0.15) is 24.2 Å². The summed E-state index contributed by atoms with van der Waals surface area (Å²) in [5.41, 5.74) is 1.66. The largest absolute Gasteiger partial charge is 0.497 e. The van der Waals surface area contributed by atoms with Gasteiger partial charge in [0.2, 0.25) is 21.9 Å². The van der Waals surface area contributed by atoms with Crippen molar-refractivity contribution in [2.75, 3.05) is 30.2 Å². The smallest absolute Gasteiger partial charge is 0.264 e. The van der Waals surface area contributed by atoms with Gasteiger partial charge in [0, 0.05) is 30.2 Å². The summed E-state index contributed by atoms with van der Waals surface area (Å²) in [4.78, 5) is 21.3. The molecule has 2 aromatic carbocycles. The lowest BCUT2D eigenvalue weighted by Crippen LogP contribution is -2.43. The van der Waals surface area contributed by atoms with E-state index < -0.39 is 26.0 Å². The number of carbonyl (C=O) groups is 1. The SMILES string of the molecule is COc1ccc(S(=O)(=O)N2CCC[C@H](C(=O)Nc3ccc(S(=O)(=O)Nc4nc(C)cc(C)n4)cc3)C2)cc1. The first-order valence-electron chi connectivity index (χ1n) is 11.9. The molecule has 4 rings (SSSR count). The number of sulfonamides is 2. The number of nitrogens with one attached hydrogen (secondary N) is 2. The fourth-order valence-electron chi connectivity index (χ4n) is 4.18. The molecule has 1 aromatic heterocycles. The van der Waals surface area contributed by atoms with Gasteiger partial charge in [-0.1, -0.05) is 0 Å². The Balaban J connectivity index is 1.41. The van der Waals surface area contributed by atoms with E-state index in [1.54, 1.807) is 32.0 Å². The van der Waals surface area contributed by atoms with Crippen LogP contribution in [0, 0.1) is 19.8 Å². The summed E-state index contributed by atoms with van der Waals surface area (Å²) in [6.07, 6.45) is 1.07. The van der Waals surface area contributed by atoms with Crippen LogP contribution < -0.4 is 14.8 Å². The monoisotopic (exact) mass is 559 g/mol. The zero-order chi connectivity index (χ0) is 27.5. The van der Waals surface area contributed by atoms with Gasteiger partial charge >= 0.3 is 0 Å². The zero-order valence-electron chi connectivity index (χ0n) is 21.2. The van der Waals surface area contributed by atoms with Crippen molar-refractivity contribution < 1.29 is 26.4 Å². The number of hydrogen-bond donors (Lipinski definition) is 2. The number of aryl methyl sites for hydroxylation is 2. The molecular formula is C25H29N5O6S2. The number of carbonyl (C=O) groups excluding carboxylic acids is 1. The maximum atomic E-state index is 13.1. The summed E-state index contributed by atoms with van der Waals surface area (Å²) in [5, 5.41) is 2.76. The van der Waals surface area contributed by atoms with E-state index in [9.17, 15) is 21.6 Å². The highest BCUT2D eigenvalue weighted by atomic mass is 32.2. The van der Waals surface area contributed by atoms with Gasteiger partial charge in [-0.3, -0.25) is 4.79 Å². The number of aromatic nitrogens is 2. The number of amides is 1. The molecule has 1 fully saturated rings.